The van der Waals surface area contributed by atoms with Gasteiger partial charge in [0.2, 0.25) is 0 Å². The van der Waals surface area contributed by atoms with Crippen LogP contribution < -0.4 is 10.1 Å². The summed E-state index contributed by atoms with van der Waals surface area (Å²) in [6.07, 6.45) is 2.06. The average Bonchev–Trinajstić information content (AvgIpc) is 2.37. The highest BCUT2D eigenvalue weighted by Crippen LogP contribution is 2.31. The van der Waals surface area contributed by atoms with E-state index < -0.39 is 4.92 Å². The van der Waals surface area contributed by atoms with E-state index in [1.54, 1.807) is 30.8 Å². The first-order chi connectivity index (χ1) is 8.89. The van der Waals surface area contributed by atoms with Gasteiger partial charge in [0.05, 0.1) is 11.5 Å². The van der Waals surface area contributed by atoms with Crippen LogP contribution in [0.15, 0.2) is 18.2 Å². The fourth-order valence-electron chi connectivity index (χ4n) is 1.43. The zero-order valence-corrected chi connectivity index (χ0v) is 12.5. The highest BCUT2D eigenvalue weighted by molar-refractivity contribution is 7.99. The number of hydrogen-bond donors (Lipinski definition) is 1. The van der Waals surface area contributed by atoms with Gasteiger partial charge in [0.1, 0.15) is 0 Å². The van der Waals surface area contributed by atoms with E-state index in [0.29, 0.717) is 12.4 Å². The molecule has 0 fully saturated rings. The molecule has 0 aliphatic carbocycles. The van der Waals surface area contributed by atoms with Crippen LogP contribution in [0, 0.1) is 10.1 Å². The van der Waals surface area contributed by atoms with Crippen molar-refractivity contribution < 1.29 is 9.66 Å². The van der Waals surface area contributed by atoms with E-state index in [9.17, 15) is 10.1 Å². The molecular weight excluding hydrogens is 264 g/mol. The van der Waals surface area contributed by atoms with Crippen molar-refractivity contribution in [1.82, 2.24) is 0 Å². The minimum atomic E-state index is -0.430. The normalized spacial score (nSPS) is 11.2. The molecule has 5 nitrogen and oxygen atoms in total. The van der Waals surface area contributed by atoms with Gasteiger partial charge in [-0.05, 0) is 33.1 Å². The Morgan fingerprint density at radius 2 is 2.16 bits per heavy atom. The van der Waals surface area contributed by atoms with Gasteiger partial charge in [0.25, 0.3) is 0 Å². The predicted octanol–water partition coefficient (Wildman–Crippen LogP) is 3.55. The SMILES string of the molecule is CCOc1cc(NCC(C)(C)SC)ccc1[N+](=O)[O-]. The van der Waals surface area contributed by atoms with Crippen LogP contribution in [0.1, 0.15) is 20.8 Å². The summed E-state index contributed by atoms with van der Waals surface area (Å²) < 4.78 is 5.42. The molecule has 0 aliphatic heterocycles. The molecule has 0 heterocycles. The molecule has 6 heteroatoms. The summed E-state index contributed by atoms with van der Waals surface area (Å²) >= 11 is 1.77. The third-order valence-electron chi connectivity index (χ3n) is 2.73. The van der Waals surface area contributed by atoms with Crippen molar-refractivity contribution >= 4 is 23.1 Å². The van der Waals surface area contributed by atoms with E-state index >= 15 is 0 Å². The fourth-order valence-corrected chi connectivity index (χ4v) is 1.65. The third kappa shape index (κ3) is 4.63. The molecule has 0 amide bonds. The van der Waals surface area contributed by atoms with Crippen LogP contribution in [-0.2, 0) is 0 Å². The van der Waals surface area contributed by atoms with Gasteiger partial charge in [-0.3, -0.25) is 10.1 Å². The van der Waals surface area contributed by atoms with Crippen molar-refractivity contribution in [1.29, 1.82) is 0 Å². The van der Waals surface area contributed by atoms with Crippen molar-refractivity contribution in [2.75, 3.05) is 24.7 Å². The van der Waals surface area contributed by atoms with Gasteiger partial charge < -0.3 is 10.1 Å². The predicted molar refractivity (Wildman–Crippen MR) is 80.3 cm³/mol. The summed E-state index contributed by atoms with van der Waals surface area (Å²) in [5.41, 5.74) is 0.827. The maximum absolute atomic E-state index is 10.9. The average molecular weight is 284 g/mol. The number of nitro benzene ring substituents is 1. The zero-order valence-electron chi connectivity index (χ0n) is 11.7. The highest BCUT2D eigenvalue weighted by Gasteiger charge is 2.18. The van der Waals surface area contributed by atoms with Gasteiger partial charge in [0, 0.05) is 29.1 Å². The van der Waals surface area contributed by atoms with E-state index in [-0.39, 0.29) is 10.4 Å². The lowest BCUT2D eigenvalue weighted by molar-refractivity contribution is -0.385. The Morgan fingerprint density at radius 1 is 1.47 bits per heavy atom. The molecule has 0 aliphatic rings. The van der Waals surface area contributed by atoms with Crippen LogP contribution in [0.3, 0.4) is 0 Å². The second-order valence-corrected chi connectivity index (χ2v) is 6.20. The molecule has 0 atom stereocenters. The van der Waals surface area contributed by atoms with Crippen molar-refractivity contribution in [3.63, 3.8) is 0 Å². The van der Waals surface area contributed by atoms with Crippen LogP contribution in [0.5, 0.6) is 5.75 Å². The zero-order chi connectivity index (χ0) is 14.5. The molecule has 0 radical (unpaired) electrons. The maximum atomic E-state index is 10.9. The Bertz CT molecular complexity index is 450. The van der Waals surface area contributed by atoms with Crippen LogP contribution in [0.2, 0.25) is 0 Å². The Hall–Kier alpha value is -1.43. The minimum Gasteiger partial charge on any atom is -0.487 e. The van der Waals surface area contributed by atoms with Gasteiger partial charge in [0.15, 0.2) is 5.75 Å². The first-order valence-electron chi connectivity index (χ1n) is 6.10. The summed E-state index contributed by atoms with van der Waals surface area (Å²) in [7, 11) is 0. The Balaban J connectivity index is 2.86. The number of nitrogens with zero attached hydrogens (tertiary/aromatic N) is 1. The number of hydrogen-bond acceptors (Lipinski definition) is 5. The quantitative estimate of drug-likeness (QED) is 0.612. The number of thioether (sulfide) groups is 1. The third-order valence-corrected chi connectivity index (χ3v) is 3.98. The molecule has 1 aromatic carbocycles. The molecule has 1 aromatic rings. The summed E-state index contributed by atoms with van der Waals surface area (Å²) in [5, 5.41) is 14.2. The second kappa shape index (κ2) is 6.65. The monoisotopic (exact) mass is 284 g/mol. The topological polar surface area (TPSA) is 64.4 Å². The van der Waals surface area contributed by atoms with Gasteiger partial charge in [-0.25, -0.2) is 0 Å². The molecule has 0 saturated heterocycles. The number of nitrogens with one attached hydrogen (secondary N) is 1. The molecule has 106 valence electrons. The Morgan fingerprint density at radius 3 is 2.68 bits per heavy atom. The van der Waals surface area contributed by atoms with Crippen LogP contribution in [-0.4, -0.2) is 29.1 Å². The van der Waals surface area contributed by atoms with E-state index in [4.69, 9.17) is 4.74 Å². The standard InChI is InChI=1S/C13H20N2O3S/c1-5-18-12-8-10(6-7-11(12)15(16)17)14-9-13(2,3)19-4/h6-8,14H,5,9H2,1-4H3. The van der Waals surface area contributed by atoms with Crippen molar-refractivity contribution in [3.8, 4) is 5.75 Å². The summed E-state index contributed by atoms with van der Waals surface area (Å²) in [6, 6.07) is 4.86. The number of ether oxygens (including phenoxy) is 1. The van der Waals surface area contributed by atoms with Crippen molar-refractivity contribution in [2.45, 2.75) is 25.5 Å². The molecule has 0 aromatic heterocycles. The molecule has 1 N–H and O–H groups in total. The minimum absolute atomic E-state index is 0.00322. The summed E-state index contributed by atoms with van der Waals surface area (Å²) in [5.74, 6) is 0.305. The summed E-state index contributed by atoms with van der Waals surface area (Å²) in [6.45, 7) is 7.26. The number of benzene rings is 1. The summed E-state index contributed by atoms with van der Waals surface area (Å²) in [4.78, 5) is 10.4. The largest absolute Gasteiger partial charge is 0.487 e. The fraction of sp³-hybridized carbons (Fsp3) is 0.538. The molecule has 0 bridgehead atoms. The lowest BCUT2D eigenvalue weighted by Gasteiger charge is -2.23. The van der Waals surface area contributed by atoms with E-state index in [2.05, 4.69) is 25.4 Å². The number of rotatable bonds is 7. The molecule has 0 saturated carbocycles. The Labute approximate surface area is 117 Å². The van der Waals surface area contributed by atoms with E-state index in [0.717, 1.165) is 12.2 Å². The molecular formula is C13H20N2O3S. The number of nitro groups is 1. The molecule has 19 heavy (non-hydrogen) atoms. The first-order valence-corrected chi connectivity index (χ1v) is 7.32. The van der Waals surface area contributed by atoms with Gasteiger partial charge in [-0.15, -0.1) is 0 Å². The lowest BCUT2D eigenvalue weighted by Crippen LogP contribution is -2.25. The van der Waals surface area contributed by atoms with Crippen LogP contribution in [0.25, 0.3) is 0 Å². The highest BCUT2D eigenvalue weighted by atomic mass is 32.2. The second-order valence-electron chi connectivity index (χ2n) is 4.69. The molecule has 0 unspecified atom stereocenters. The lowest BCUT2D eigenvalue weighted by atomic mass is 10.2. The maximum Gasteiger partial charge on any atom is 0.311 e. The van der Waals surface area contributed by atoms with Crippen LogP contribution >= 0.6 is 11.8 Å². The van der Waals surface area contributed by atoms with Gasteiger partial charge in [-0.2, -0.15) is 11.8 Å². The van der Waals surface area contributed by atoms with E-state index in [1.807, 2.05) is 0 Å². The van der Waals surface area contributed by atoms with Gasteiger partial charge in [-0.1, -0.05) is 0 Å². The number of anilines is 1. The van der Waals surface area contributed by atoms with Crippen molar-refractivity contribution in [2.24, 2.45) is 0 Å². The van der Waals surface area contributed by atoms with Crippen molar-refractivity contribution in [3.05, 3.63) is 28.3 Å². The van der Waals surface area contributed by atoms with E-state index in [1.165, 1.54) is 6.07 Å². The molecule has 1 rings (SSSR count). The molecule has 0 spiro atoms. The van der Waals surface area contributed by atoms with Gasteiger partial charge >= 0.3 is 5.69 Å². The Kier molecular flexibility index (Phi) is 5.47. The first kappa shape index (κ1) is 15.6. The smallest absolute Gasteiger partial charge is 0.311 e. The van der Waals surface area contributed by atoms with Crippen LogP contribution in [0.4, 0.5) is 11.4 Å².